The molecule has 1 N–H and O–H groups in total. The minimum Gasteiger partial charge on any atom is -0.361 e. The molecule has 2 aromatic rings. The van der Waals surface area contributed by atoms with Crippen LogP contribution in [0.4, 0.5) is 10.2 Å². The number of hydrogen-bond donors (Lipinski definition) is 1. The summed E-state index contributed by atoms with van der Waals surface area (Å²) in [4.78, 5) is 17.6. The summed E-state index contributed by atoms with van der Waals surface area (Å²) < 4.78 is 13.0. The Bertz CT molecular complexity index is 589. The van der Waals surface area contributed by atoms with Crippen LogP contribution >= 0.6 is 0 Å². The van der Waals surface area contributed by atoms with E-state index < -0.39 is 5.95 Å². The molecule has 2 rings (SSSR count). The molecule has 0 aliphatic heterocycles. The number of hydrogen-bond acceptors (Lipinski definition) is 3. The Hall–Kier alpha value is -2.43. The van der Waals surface area contributed by atoms with Crippen molar-refractivity contribution < 1.29 is 9.18 Å². The second kappa shape index (κ2) is 7.38. The Balaban J connectivity index is 1.91. The highest BCUT2D eigenvalue weighted by Crippen LogP contribution is 2.06. The molecule has 21 heavy (non-hydrogen) atoms. The van der Waals surface area contributed by atoms with Gasteiger partial charge in [-0.2, -0.15) is 4.39 Å². The van der Waals surface area contributed by atoms with Crippen LogP contribution in [0.1, 0.15) is 12.5 Å². The third-order valence-corrected chi connectivity index (χ3v) is 3.09. The molecule has 1 heterocycles. The fourth-order valence-corrected chi connectivity index (χ4v) is 1.96. The highest BCUT2D eigenvalue weighted by molar-refractivity contribution is 5.80. The first kappa shape index (κ1) is 15.0. The highest BCUT2D eigenvalue weighted by atomic mass is 19.1. The van der Waals surface area contributed by atoms with E-state index in [9.17, 15) is 9.18 Å². The van der Waals surface area contributed by atoms with Gasteiger partial charge in [0.05, 0.1) is 6.54 Å². The molecule has 0 aliphatic rings. The normalized spacial score (nSPS) is 10.2. The molecule has 0 spiro atoms. The topological polar surface area (TPSA) is 45.2 Å². The highest BCUT2D eigenvalue weighted by Gasteiger charge is 2.12. The zero-order chi connectivity index (χ0) is 15.1. The maximum Gasteiger partial charge on any atom is 0.242 e. The molecule has 0 bridgehead atoms. The molecular weight excluding hydrogens is 269 g/mol. The van der Waals surface area contributed by atoms with E-state index in [2.05, 4.69) is 10.3 Å². The van der Waals surface area contributed by atoms with Gasteiger partial charge in [-0.3, -0.25) is 4.79 Å². The van der Waals surface area contributed by atoms with E-state index in [0.29, 0.717) is 18.9 Å². The number of likely N-dealkylation sites (N-methyl/N-ethyl adjacent to an activating group) is 1. The van der Waals surface area contributed by atoms with Crippen LogP contribution < -0.4 is 5.32 Å². The molecule has 110 valence electrons. The molecule has 5 heteroatoms. The summed E-state index contributed by atoms with van der Waals surface area (Å²) in [5.41, 5.74) is 1.08. The molecular formula is C16H18FN3O. The fraction of sp³-hybridized carbons (Fsp3) is 0.250. The van der Waals surface area contributed by atoms with Gasteiger partial charge in [-0.25, -0.2) is 4.98 Å². The maximum absolute atomic E-state index is 13.0. The van der Waals surface area contributed by atoms with Gasteiger partial charge in [0.15, 0.2) is 0 Å². The number of carbonyl (C=O) groups is 1. The number of anilines is 1. The van der Waals surface area contributed by atoms with E-state index in [1.54, 1.807) is 17.0 Å². The summed E-state index contributed by atoms with van der Waals surface area (Å²) in [6.07, 6.45) is 0. The van der Waals surface area contributed by atoms with Gasteiger partial charge in [-0.15, -0.1) is 0 Å². The number of nitrogens with zero attached hydrogens (tertiary/aromatic N) is 2. The summed E-state index contributed by atoms with van der Waals surface area (Å²) in [6.45, 7) is 3.21. The first-order valence-corrected chi connectivity index (χ1v) is 6.87. The minimum atomic E-state index is -0.566. The van der Waals surface area contributed by atoms with Crippen molar-refractivity contribution in [2.45, 2.75) is 13.5 Å². The zero-order valence-corrected chi connectivity index (χ0v) is 11.9. The van der Waals surface area contributed by atoms with Gasteiger partial charge in [0.1, 0.15) is 5.82 Å². The lowest BCUT2D eigenvalue weighted by atomic mass is 10.2. The van der Waals surface area contributed by atoms with Crippen LogP contribution in [0.25, 0.3) is 0 Å². The van der Waals surface area contributed by atoms with Gasteiger partial charge < -0.3 is 10.2 Å². The van der Waals surface area contributed by atoms with Crippen LogP contribution in [0.2, 0.25) is 0 Å². The Labute approximate surface area is 123 Å². The van der Waals surface area contributed by atoms with Crippen molar-refractivity contribution in [3.63, 3.8) is 0 Å². The molecule has 0 unspecified atom stereocenters. The largest absolute Gasteiger partial charge is 0.361 e. The second-order valence-electron chi connectivity index (χ2n) is 4.59. The molecule has 0 atom stereocenters. The number of nitrogens with one attached hydrogen (secondary N) is 1. The molecule has 0 saturated heterocycles. The SMILES string of the molecule is CCN(Cc1ccccc1)C(=O)CNc1cccc(F)n1. The summed E-state index contributed by atoms with van der Waals surface area (Å²) >= 11 is 0. The monoisotopic (exact) mass is 287 g/mol. The van der Waals surface area contributed by atoms with Crippen LogP contribution in [0.15, 0.2) is 48.5 Å². The van der Waals surface area contributed by atoms with Crippen molar-refractivity contribution in [1.82, 2.24) is 9.88 Å². The van der Waals surface area contributed by atoms with Crippen LogP contribution in [0.5, 0.6) is 0 Å². The van der Waals surface area contributed by atoms with Gasteiger partial charge in [0.2, 0.25) is 11.9 Å². The van der Waals surface area contributed by atoms with E-state index in [1.807, 2.05) is 37.3 Å². The third kappa shape index (κ3) is 4.56. The molecule has 0 saturated carbocycles. The number of amides is 1. The van der Waals surface area contributed by atoms with E-state index >= 15 is 0 Å². The first-order chi connectivity index (χ1) is 10.2. The number of pyridine rings is 1. The molecule has 0 radical (unpaired) electrons. The average molecular weight is 287 g/mol. The van der Waals surface area contributed by atoms with E-state index in [4.69, 9.17) is 0 Å². The number of rotatable bonds is 6. The molecule has 4 nitrogen and oxygen atoms in total. The van der Waals surface area contributed by atoms with Gasteiger partial charge in [-0.1, -0.05) is 36.4 Å². The lowest BCUT2D eigenvalue weighted by molar-refractivity contribution is -0.129. The Morgan fingerprint density at radius 3 is 2.62 bits per heavy atom. The first-order valence-electron chi connectivity index (χ1n) is 6.87. The van der Waals surface area contributed by atoms with Gasteiger partial charge in [0.25, 0.3) is 0 Å². The van der Waals surface area contributed by atoms with Crippen LogP contribution in [0.3, 0.4) is 0 Å². The summed E-state index contributed by atoms with van der Waals surface area (Å²) in [5, 5.41) is 2.84. The number of aromatic nitrogens is 1. The number of halogens is 1. The van der Waals surface area contributed by atoms with Crippen LogP contribution in [-0.2, 0) is 11.3 Å². The minimum absolute atomic E-state index is 0.0487. The molecule has 1 aromatic heterocycles. The Kier molecular flexibility index (Phi) is 5.26. The van der Waals surface area contributed by atoms with E-state index in [-0.39, 0.29) is 12.5 Å². The van der Waals surface area contributed by atoms with Crippen molar-refractivity contribution in [3.05, 3.63) is 60.0 Å². The Morgan fingerprint density at radius 1 is 1.19 bits per heavy atom. The van der Waals surface area contributed by atoms with Crippen LogP contribution in [-0.4, -0.2) is 28.9 Å². The molecule has 1 amide bonds. The van der Waals surface area contributed by atoms with Gasteiger partial charge >= 0.3 is 0 Å². The zero-order valence-electron chi connectivity index (χ0n) is 11.9. The van der Waals surface area contributed by atoms with Crippen molar-refractivity contribution in [3.8, 4) is 0 Å². The standard InChI is InChI=1S/C16H18FN3O/c1-2-20(12-13-7-4-3-5-8-13)16(21)11-18-15-10-6-9-14(17)19-15/h3-10H,2,11-12H2,1H3,(H,18,19). The smallest absolute Gasteiger partial charge is 0.242 e. The summed E-state index contributed by atoms with van der Waals surface area (Å²) in [6, 6.07) is 14.3. The Morgan fingerprint density at radius 2 is 1.95 bits per heavy atom. The molecule has 0 aliphatic carbocycles. The lowest BCUT2D eigenvalue weighted by Crippen LogP contribution is -2.35. The average Bonchev–Trinajstić information content (AvgIpc) is 2.51. The van der Waals surface area contributed by atoms with Crippen LogP contribution in [0, 0.1) is 5.95 Å². The maximum atomic E-state index is 13.0. The quantitative estimate of drug-likeness (QED) is 0.831. The van der Waals surface area contributed by atoms with Crippen molar-refractivity contribution in [2.75, 3.05) is 18.4 Å². The van der Waals surface area contributed by atoms with Gasteiger partial charge in [0, 0.05) is 13.1 Å². The molecule has 0 fully saturated rings. The summed E-state index contributed by atoms with van der Waals surface area (Å²) in [7, 11) is 0. The predicted molar refractivity (Wildman–Crippen MR) is 80.2 cm³/mol. The number of benzene rings is 1. The third-order valence-electron chi connectivity index (χ3n) is 3.09. The fourth-order valence-electron chi connectivity index (χ4n) is 1.96. The number of carbonyl (C=O) groups excluding carboxylic acids is 1. The van der Waals surface area contributed by atoms with E-state index in [0.717, 1.165) is 5.56 Å². The van der Waals surface area contributed by atoms with Crippen molar-refractivity contribution in [1.29, 1.82) is 0 Å². The van der Waals surface area contributed by atoms with Crippen molar-refractivity contribution >= 4 is 11.7 Å². The summed E-state index contributed by atoms with van der Waals surface area (Å²) in [5.74, 6) is -0.254. The van der Waals surface area contributed by atoms with E-state index in [1.165, 1.54) is 6.07 Å². The molecule has 1 aromatic carbocycles. The predicted octanol–water partition coefficient (Wildman–Crippen LogP) is 2.68. The van der Waals surface area contributed by atoms with Crippen molar-refractivity contribution in [2.24, 2.45) is 0 Å². The second-order valence-corrected chi connectivity index (χ2v) is 4.59. The van der Waals surface area contributed by atoms with Gasteiger partial charge in [-0.05, 0) is 24.6 Å². The lowest BCUT2D eigenvalue weighted by Gasteiger charge is -2.21.